The first-order valence-corrected chi connectivity index (χ1v) is 12.8. The zero-order chi connectivity index (χ0) is 25.9. The van der Waals surface area contributed by atoms with Crippen molar-refractivity contribution in [2.45, 2.75) is 27.2 Å². The highest BCUT2D eigenvalue weighted by atomic mass is 19.1. The number of hydrogen-bond donors (Lipinski definition) is 1. The molecule has 0 aliphatic carbocycles. The Morgan fingerprint density at radius 3 is 2.32 bits per heavy atom. The molecular formula is C29H33FN6O. The maximum absolute atomic E-state index is 13.2. The van der Waals surface area contributed by atoms with Crippen LogP contribution in [0.2, 0.25) is 0 Å². The molecule has 37 heavy (non-hydrogen) atoms. The summed E-state index contributed by atoms with van der Waals surface area (Å²) in [6.45, 7) is 11.1. The summed E-state index contributed by atoms with van der Waals surface area (Å²) in [7, 11) is 0. The van der Waals surface area contributed by atoms with Crippen LogP contribution in [-0.2, 0) is 0 Å². The van der Waals surface area contributed by atoms with Gasteiger partial charge in [-0.2, -0.15) is 5.10 Å². The minimum absolute atomic E-state index is 0.0943. The van der Waals surface area contributed by atoms with Crippen molar-refractivity contribution in [3.63, 3.8) is 0 Å². The third-order valence-electron chi connectivity index (χ3n) is 6.96. The lowest BCUT2D eigenvalue weighted by atomic mass is 10.1. The Morgan fingerprint density at radius 2 is 1.62 bits per heavy atom. The van der Waals surface area contributed by atoms with Gasteiger partial charge in [-0.15, -0.1) is 0 Å². The topological polar surface area (TPSA) is 66.3 Å². The van der Waals surface area contributed by atoms with Gasteiger partial charge in [-0.25, -0.2) is 14.1 Å². The molecule has 7 nitrogen and oxygen atoms in total. The Labute approximate surface area is 216 Å². The molecule has 1 saturated heterocycles. The van der Waals surface area contributed by atoms with Crippen molar-refractivity contribution in [3.05, 3.63) is 82.9 Å². The van der Waals surface area contributed by atoms with Crippen LogP contribution in [0.15, 0.2) is 54.6 Å². The number of nitrogens with one attached hydrogen (secondary N) is 1. The lowest BCUT2D eigenvalue weighted by Crippen LogP contribution is -2.47. The molecule has 0 atom stereocenters. The van der Waals surface area contributed by atoms with Crippen LogP contribution in [-0.4, -0.2) is 64.8 Å². The SMILES string of the molecule is Cc1ccc(-n2nc(C)c3c(C(=O)NCCCN4CCN(c5ccc(F)cc5)CC4)cc(C)nc32)cc1. The number of anilines is 1. The highest BCUT2D eigenvalue weighted by Crippen LogP contribution is 2.25. The van der Waals surface area contributed by atoms with Gasteiger partial charge in [-0.1, -0.05) is 17.7 Å². The molecular weight excluding hydrogens is 467 g/mol. The summed E-state index contributed by atoms with van der Waals surface area (Å²) in [6.07, 6.45) is 0.872. The highest BCUT2D eigenvalue weighted by Gasteiger charge is 2.20. The Morgan fingerprint density at radius 1 is 0.946 bits per heavy atom. The zero-order valence-corrected chi connectivity index (χ0v) is 21.7. The van der Waals surface area contributed by atoms with E-state index >= 15 is 0 Å². The van der Waals surface area contributed by atoms with E-state index in [2.05, 4.69) is 22.0 Å². The van der Waals surface area contributed by atoms with Crippen molar-refractivity contribution >= 4 is 22.6 Å². The fraction of sp³-hybridized carbons (Fsp3) is 0.345. The monoisotopic (exact) mass is 500 g/mol. The van der Waals surface area contributed by atoms with Gasteiger partial charge in [0.2, 0.25) is 0 Å². The summed E-state index contributed by atoms with van der Waals surface area (Å²) in [5.41, 5.74) is 6.05. The Bertz CT molecular complexity index is 1390. The number of carbonyl (C=O) groups excluding carboxylic acids is 1. The second-order valence-corrected chi connectivity index (χ2v) is 9.76. The van der Waals surface area contributed by atoms with Crippen LogP contribution in [0.1, 0.15) is 33.7 Å². The lowest BCUT2D eigenvalue weighted by Gasteiger charge is -2.36. The van der Waals surface area contributed by atoms with Crippen LogP contribution in [0.3, 0.4) is 0 Å². The van der Waals surface area contributed by atoms with Crippen molar-refractivity contribution in [3.8, 4) is 5.69 Å². The fourth-order valence-electron chi connectivity index (χ4n) is 4.94. The van der Waals surface area contributed by atoms with Crippen LogP contribution in [0.5, 0.6) is 0 Å². The summed E-state index contributed by atoms with van der Waals surface area (Å²) in [6, 6.07) is 16.7. The number of benzene rings is 2. The molecule has 3 heterocycles. The van der Waals surface area contributed by atoms with Crippen molar-refractivity contribution < 1.29 is 9.18 Å². The number of halogens is 1. The number of fused-ring (bicyclic) bond motifs is 1. The van der Waals surface area contributed by atoms with Crippen LogP contribution < -0.4 is 10.2 Å². The van der Waals surface area contributed by atoms with E-state index in [9.17, 15) is 9.18 Å². The number of rotatable bonds is 7. The van der Waals surface area contributed by atoms with Gasteiger partial charge >= 0.3 is 0 Å². The molecule has 5 rings (SSSR count). The standard InChI is InChI=1S/C29H33FN6O/c1-20-5-9-25(10-6-20)36-28-27(22(3)33-36)26(19-21(2)32-28)29(37)31-13-4-14-34-15-17-35(18-16-34)24-11-7-23(30)8-12-24/h5-12,19H,4,13-18H2,1-3H3,(H,31,37). The molecule has 2 aromatic heterocycles. The number of aryl methyl sites for hydroxylation is 3. The van der Waals surface area contributed by atoms with E-state index in [0.717, 1.165) is 67.3 Å². The quantitative estimate of drug-likeness (QED) is 0.381. The molecule has 8 heteroatoms. The molecule has 0 radical (unpaired) electrons. The van der Waals surface area contributed by atoms with E-state index in [1.165, 1.54) is 17.7 Å². The van der Waals surface area contributed by atoms with Gasteiger partial charge in [0, 0.05) is 44.1 Å². The van der Waals surface area contributed by atoms with Gasteiger partial charge in [-0.3, -0.25) is 9.69 Å². The molecule has 192 valence electrons. The number of pyridine rings is 1. The van der Waals surface area contributed by atoms with Crippen LogP contribution in [0.4, 0.5) is 10.1 Å². The predicted molar refractivity (Wildman–Crippen MR) is 145 cm³/mol. The van der Waals surface area contributed by atoms with Crippen molar-refractivity contribution in [2.24, 2.45) is 0 Å². The average molecular weight is 501 g/mol. The van der Waals surface area contributed by atoms with E-state index < -0.39 is 0 Å². The molecule has 1 N–H and O–H groups in total. The number of carbonyl (C=O) groups is 1. The first-order valence-electron chi connectivity index (χ1n) is 12.8. The maximum Gasteiger partial charge on any atom is 0.252 e. The van der Waals surface area contributed by atoms with E-state index in [-0.39, 0.29) is 11.7 Å². The third-order valence-corrected chi connectivity index (χ3v) is 6.96. The molecule has 1 aliphatic rings. The van der Waals surface area contributed by atoms with Crippen LogP contribution >= 0.6 is 0 Å². The smallest absolute Gasteiger partial charge is 0.252 e. The number of nitrogens with zero attached hydrogens (tertiary/aromatic N) is 5. The number of aromatic nitrogens is 3. The Hall–Kier alpha value is -3.78. The molecule has 0 spiro atoms. The van der Waals surface area contributed by atoms with E-state index in [1.54, 1.807) is 0 Å². The molecule has 1 aliphatic heterocycles. The molecule has 0 bridgehead atoms. The number of hydrogen-bond acceptors (Lipinski definition) is 5. The summed E-state index contributed by atoms with van der Waals surface area (Å²) in [5, 5.41) is 8.61. The molecule has 0 unspecified atom stereocenters. The summed E-state index contributed by atoms with van der Waals surface area (Å²) in [5.74, 6) is -0.300. The first kappa shape index (κ1) is 24.9. The summed E-state index contributed by atoms with van der Waals surface area (Å²) < 4.78 is 15.0. The van der Waals surface area contributed by atoms with Crippen molar-refractivity contribution in [1.29, 1.82) is 0 Å². The van der Waals surface area contributed by atoms with Gasteiger partial charge in [0.15, 0.2) is 5.65 Å². The van der Waals surface area contributed by atoms with Crippen molar-refractivity contribution in [2.75, 3.05) is 44.2 Å². The maximum atomic E-state index is 13.2. The van der Waals surface area contributed by atoms with E-state index in [4.69, 9.17) is 10.1 Å². The lowest BCUT2D eigenvalue weighted by molar-refractivity contribution is 0.0953. The summed E-state index contributed by atoms with van der Waals surface area (Å²) >= 11 is 0. The molecule has 0 saturated carbocycles. The number of amides is 1. The van der Waals surface area contributed by atoms with Gasteiger partial charge in [0.25, 0.3) is 5.91 Å². The van der Waals surface area contributed by atoms with E-state index in [1.807, 2.05) is 61.0 Å². The number of piperazine rings is 1. The second kappa shape index (κ2) is 10.7. The van der Waals surface area contributed by atoms with Crippen molar-refractivity contribution in [1.82, 2.24) is 25.0 Å². The molecule has 1 fully saturated rings. The summed E-state index contributed by atoms with van der Waals surface area (Å²) in [4.78, 5) is 22.6. The normalized spacial score (nSPS) is 14.3. The second-order valence-electron chi connectivity index (χ2n) is 9.76. The molecule has 1 amide bonds. The van der Waals surface area contributed by atoms with Gasteiger partial charge in [-0.05, 0) is 76.2 Å². The largest absolute Gasteiger partial charge is 0.369 e. The van der Waals surface area contributed by atoms with Crippen LogP contribution in [0, 0.1) is 26.6 Å². The van der Waals surface area contributed by atoms with Gasteiger partial charge < -0.3 is 10.2 Å². The highest BCUT2D eigenvalue weighted by molar-refractivity contribution is 6.06. The Kier molecular flexibility index (Phi) is 7.19. The Balaban J connectivity index is 1.18. The fourth-order valence-corrected chi connectivity index (χ4v) is 4.94. The predicted octanol–water partition coefficient (Wildman–Crippen LogP) is 4.43. The minimum Gasteiger partial charge on any atom is -0.369 e. The van der Waals surface area contributed by atoms with Gasteiger partial charge in [0.1, 0.15) is 5.82 Å². The van der Waals surface area contributed by atoms with Gasteiger partial charge in [0.05, 0.1) is 22.3 Å². The van der Waals surface area contributed by atoms with Crippen LogP contribution in [0.25, 0.3) is 16.7 Å². The van der Waals surface area contributed by atoms with E-state index in [0.29, 0.717) is 17.8 Å². The first-order chi connectivity index (χ1) is 17.9. The average Bonchev–Trinajstić information content (AvgIpc) is 3.23. The zero-order valence-electron chi connectivity index (χ0n) is 21.7. The minimum atomic E-state index is -0.206. The molecule has 4 aromatic rings. The molecule has 2 aromatic carbocycles. The third kappa shape index (κ3) is 5.49.